The lowest BCUT2D eigenvalue weighted by Crippen LogP contribution is -2.14. The van der Waals surface area contributed by atoms with Gasteiger partial charge in [0.25, 0.3) is 0 Å². The van der Waals surface area contributed by atoms with Gasteiger partial charge in [-0.05, 0) is 57.4 Å². The van der Waals surface area contributed by atoms with Crippen molar-refractivity contribution in [2.24, 2.45) is 0 Å². The monoisotopic (exact) mass is 441 g/mol. The molecule has 0 spiro atoms. The summed E-state index contributed by atoms with van der Waals surface area (Å²) in [6.07, 6.45) is 3.13. The molecule has 0 atom stereocenters. The van der Waals surface area contributed by atoms with E-state index >= 15 is 0 Å². The van der Waals surface area contributed by atoms with Crippen LogP contribution in [-0.4, -0.2) is 51.8 Å². The summed E-state index contributed by atoms with van der Waals surface area (Å²) in [5.41, 5.74) is 5.60. The molecule has 0 radical (unpaired) electrons. The molecule has 33 heavy (non-hydrogen) atoms. The number of aromatic nitrogens is 3. The number of nitrogens with zero attached hydrogens (tertiary/aromatic N) is 4. The summed E-state index contributed by atoms with van der Waals surface area (Å²) < 4.78 is 1.80. The van der Waals surface area contributed by atoms with Crippen LogP contribution in [0.2, 0.25) is 0 Å². The molecule has 1 N–H and O–H groups in total. The number of imidazole rings is 1. The van der Waals surface area contributed by atoms with Gasteiger partial charge >= 0.3 is 0 Å². The Balaban J connectivity index is 1.61. The minimum atomic E-state index is -0.108. The molecule has 0 unspecified atom stereocenters. The summed E-state index contributed by atoms with van der Waals surface area (Å²) in [6.45, 7) is 2.37. The maximum absolute atomic E-state index is 12.7. The highest BCUT2D eigenvalue weighted by Gasteiger charge is 2.12. The molecule has 0 aliphatic carbocycles. The van der Waals surface area contributed by atoms with Crippen LogP contribution in [0.1, 0.15) is 30.1 Å². The number of hydrogen-bond donors (Lipinski definition) is 1. The molecule has 7 heteroatoms. The first-order valence-corrected chi connectivity index (χ1v) is 10.9. The van der Waals surface area contributed by atoms with Crippen molar-refractivity contribution >= 4 is 23.0 Å². The highest BCUT2D eigenvalue weighted by atomic mass is 16.1. The number of carbonyl (C=O) groups excluding carboxylic acids is 2. The van der Waals surface area contributed by atoms with Gasteiger partial charge in [-0.2, -0.15) is 5.10 Å². The Hall–Kier alpha value is -3.84. The van der Waals surface area contributed by atoms with Crippen LogP contribution in [-0.2, 0) is 4.79 Å². The number of Topliss-reactive ketones (excluding diaryl/α,β-unsaturated/α-hetero) is 1. The molecule has 7 nitrogen and oxygen atoms in total. The zero-order valence-electron chi connectivity index (χ0n) is 19.1. The first kappa shape index (κ1) is 22.4. The van der Waals surface area contributed by atoms with Crippen LogP contribution in [0.3, 0.4) is 0 Å². The fourth-order valence-electron chi connectivity index (χ4n) is 3.70. The second kappa shape index (κ2) is 9.75. The minimum absolute atomic E-state index is 0.108. The Morgan fingerprint density at radius 3 is 2.52 bits per heavy atom. The fraction of sp³-hybridized carbons (Fsp3) is 0.231. The van der Waals surface area contributed by atoms with E-state index in [1.165, 1.54) is 6.92 Å². The van der Waals surface area contributed by atoms with Gasteiger partial charge in [-0.25, -0.2) is 9.50 Å². The largest absolute Gasteiger partial charge is 0.326 e. The summed E-state index contributed by atoms with van der Waals surface area (Å²) in [5, 5.41) is 7.56. The van der Waals surface area contributed by atoms with Gasteiger partial charge in [-0.15, -0.1) is 0 Å². The number of anilines is 1. The number of nitrogens with one attached hydrogen (secondary N) is 1. The third kappa shape index (κ3) is 5.32. The summed E-state index contributed by atoms with van der Waals surface area (Å²) >= 11 is 0. The third-order valence-electron chi connectivity index (χ3n) is 5.35. The molecule has 2 heterocycles. The number of benzene rings is 2. The van der Waals surface area contributed by atoms with Crippen LogP contribution in [0.25, 0.3) is 28.2 Å². The highest BCUT2D eigenvalue weighted by Crippen LogP contribution is 2.25. The molecule has 0 saturated heterocycles. The lowest BCUT2D eigenvalue weighted by atomic mass is 10.0. The Bertz CT molecular complexity index is 1290. The van der Waals surface area contributed by atoms with Crippen LogP contribution in [0, 0.1) is 0 Å². The molecular weight excluding hydrogens is 414 g/mol. The minimum Gasteiger partial charge on any atom is -0.326 e. The molecule has 1 amide bonds. The fourth-order valence-corrected chi connectivity index (χ4v) is 3.70. The summed E-state index contributed by atoms with van der Waals surface area (Å²) in [4.78, 5) is 30.5. The van der Waals surface area contributed by atoms with Gasteiger partial charge in [0, 0.05) is 35.7 Å². The number of amides is 1. The van der Waals surface area contributed by atoms with Crippen molar-refractivity contribution in [1.29, 1.82) is 0 Å². The van der Waals surface area contributed by atoms with Crippen LogP contribution >= 0.6 is 0 Å². The Morgan fingerprint density at radius 2 is 1.79 bits per heavy atom. The second-order valence-corrected chi connectivity index (χ2v) is 8.30. The maximum Gasteiger partial charge on any atom is 0.221 e. The molecular formula is C26H27N5O2. The molecule has 0 aliphatic heterocycles. The van der Waals surface area contributed by atoms with Crippen molar-refractivity contribution in [1.82, 2.24) is 19.5 Å². The molecule has 2 aromatic carbocycles. The molecule has 4 aromatic rings. The van der Waals surface area contributed by atoms with Crippen LogP contribution < -0.4 is 5.32 Å². The van der Waals surface area contributed by atoms with Gasteiger partial charge in [0.2, 0.25) is 5.91 Å². The first-order valence-electron chi connectivity index (χ1n) is 10.9. The molecule has 4 rings (SSSR count). The van der Waals surface area contributed by atoms with Gasteiger partial charge < -0.3 is 10.2 Å². The van der Waals surface area contributed by atoms with Crippen LogP contribution in [0.15, 0.2) is 66.9 Å². The molecule has 168 valence electrons. The SMILES string of the molecule is CC(=O)Nc1ccc(-c2ccc3ncc(-c4cccc(C(=O)CCCN(C)C)c4)n3n2)cc1. The van der Waals surface area contributed by atoms with E-state index in [0.717, 1.165) is 46.8 Å². The van der Waals surface area contributed by atoms with E-state index in [9.17, 15) is 9.59 Å². The number of fused-ring (bicyclic) bond motifs is 1. The Kier molecular flexibility index (Phi) is 6.60. The Labute approximate surface area is 193 Å². The van der Waals surface area contributed by atoms with E-state index in [0.29, 0.717) is 12.0 Å². The van der Waals surface area contributed by atoms with Crippen molar-refractivity contribution in [2.75, 3.05) is 26.0 Å². The average molecular weight is 442 g/mol. The topological polar surface area (TPSA) is 79.6 Å². The summed E-state index contributed by atoms with van der Waals surface area (Å²) in [7, 11) is 4.02. The van der Waals surface area contributed by atoms with Gasteiger partial charge in [0.05, 0.1) is 17.6 Å². The van der Waals surface area contributed by atoms with Crippen LogP contribution in [0.5, 0.6) is 0 Å². The number of rotatable bonds is 8. The summed E-state index contributed by atoms with van der Waals surface area (Å²) in [5.74, 6) is 0.0317. The van der Waals surface area contributed by atoms with Crippen LogP contribution in [0.4, 0.5) is 5.69 Å². The lowest BCUT2D eigenvalue weighted by Gasteiger charge is -2.09. The number of ketones is 1. The van der Waals surface area contributed by atoms with Gasteiger partial charge in [0.15, 0.2) is 11.4 Å². The third-order valence-corrected chi connectivity index (χ3v) is 5.35. The molecule has 0 aliphatic rings. The van der Waals surface area contributed by atoms with E-state index in [1.807, 2.05) is 74.8 Å². The molecule has 0 saturated carbocycles. The smallest absolute Gasteiger partial charge is 0.221 e. The van der Waals surface area contributed by atoms with Gasteiger partial charge in [-0.3, -0.25) is 9.59 Å². The molecule has 2 aromatic heterocycles. The van der Waals surface area contributed by atoms with Gasteiger partial charge in [-0.1, -0.05) is 30.3 Å². The normalized spacial score (nSPS) is 11.2. The Morgan fingerprint density at radius 1 is 1.00 bits per heavy atom. The van der Waals surface area contributed by atoms with Crippen molar-refractivity contribution in [3.8, 4) is 22.5 Å². The van der Waals surface area contributed by atoms with Gasteiger partial charge in [0.1, 0.15) is 0 Å². The highest BCUT2D eigenvalue weighted by molar-refractivity contribution is 5.97. The van der Waals surface area contributed by atoms with E-state index in [-0.39, 0.29) is 11.7 Å². The van der Waals surface area contributed by atoms with E-state index < -0.39 is 0 Å². The summed E-state index contributed by atoms with van der Waals surface area (Å²) in [6, 6.07) is 19.0. The lowest BCUT2D eigenvalue weighted by molar-refractivity contribution is -0.114. The first-order chi connectivity index (χ1) is 15.9. The number of carbonyl (C=O) groups is 2. The second-order valence-electron chi connectivity index (χ2n) is 8.30. The van der Waals surface area contributed by atoms with E-state index in [2.05, 4.69) is 15.2 Å². The van der Waals surface area contributed by atoms with E-state index in [1.54, 1.807) is 10.7 Å². The zero-order chi connectivity index (χ0) is 23.4. The molecule has 0 bridgehead atoms. The standard InChI is InChI=1S/C26H27N5O2/c1-18(32)28-22-11-9-19(10-12-22)23-13-14-26-27-17-24(31(26)29-23)20-6-4-7-21(16-20)25(33)8-5-15-30(2)3/h4,6-7,9-14,16-17H,5,8,15H2,1-3H3,(H,28,32). The van der Waals surface area contributed by atoms with E-state index in [4.69, 9.17) is 5.10 Å². The molecule has 0 fully saturated rings. The van der Waals surface area contributed by atoms with Crippen molar-refractivity contribution in [3.05, 3.63) is 72.4 Å². The number of hydrogen-bond acceptors (Lipinski definition) is 5. The zero-order valence-corrected chi connectivity index (χ0v) is 19.1. The quantitative estimate of drug-likeness (QED) is 0.406. The maximum atomic E-state index is 12.7. The predicted octanol–water partition coefficient (Wildman–Crippen LogP) is 4.55. The predicted molar refractivity (Wildman–Crippen MR) is 130 cm³/mol. The van der Waals surface area contributed by atoms with Crippen molar-refractivity contribution in [2.45, 2.75) is 19.8 Å². The van der Waals surface area contributed by atoms with Crippen molar-refractivity contribution in [3.63, 3.8) is 0 Å². The average Bonchev–Trinajstić information content (AvgIpc) is 3.22. The van der Waals surface area contributed by atoms with Crippen molar-refractivity contribution < 1.29 is 9.59 Å².